The predicted octanol–water partition coefficient (Wildman–Crippen LogP) is 3.65. The molecular weight excluding hydrogens is 383 g/mol. The zero-order chi connectivity index (χ0) is 19.2. The molecule has 0 aromatic heterocycles. The molecule has 2 aromatic rings. The third-order valence-corrected chi connectivity index (χ3v) is 3.61. The van der Waals surface area contributed by atoms with Crippen LogP contribution >= 0.6 is 12.4 Å². The van der Waals surface area contributed by atoms with Crippen molar-refractivity contribution in [3.05, 3.63) is 59.7 Å². The van der Waals surface area contributed by atoms with Crippen molar-refractivity contribution in [3.8, 4) is 0 Å². The second-order valence-electron chi connectivity index (χ2n) is 5.65. The molecule has 9 heteroatoms. The van der Waals surface area contributed by atoms with Gasteiger partial charge in [-0.05, 0) is 23.8 Å². The number of amides is 1. The number of nitrogens with two attached hydrogens (primary N) is 1. The van der Waals surface area contributed by atoms with Gasteiger partial charge in [-0.3, -0.25) is 4.79 Å². The molecule has 0 saturated carbocycles. The predicted molar refractivity (Wildman–Crippen MR) is 101 cm³/mol. The quantitative estimate of drug-likeness (QED) is 0.659. The molecule has 2 rings (SSSR count). The van der Waals surface area contributed by atoms with Gasteiger partial charge in [-0.2, -0.15) is 13.2 Å². The van der Waals surface area contributed by atoms with Crippen LogP contribution in [0.5, 0.6) is 0 Å². The highest BCUT2D eigenvalue weighted by molar-refractivity contribution is 5.97. The number of anilines is 2. The molecule has 0 aliphatic rings. The third-order valence-electron chi connectivity index (χ3n) is 3.61. The molecule has 0 heterocycles. The molecule has 0 saturated heterocycles. The highest BCUT2D eigenvalue weighted by Gasteiger charge is 2.31. The Morgan fingerprint density at radius 3 is 2.41 bits per heavy atom. The molecule has 0 bridgehead atoms. The van der Waals surface area contributed by atoms with E-state index in [0.29, 0.717) is 12.2 Å². The molecule has 0 aliphatic carbocycles. The monoisotopic (exact) mass is 403 g/mol. The van der Waals surface area contributed by atoms with Gasteiger partial charge < -0.3 is 21.1 Å². The first-order valence-electron chi connectivity index (χ1n) is 7.85. The highest BCUT2D eigenvalue weighted by atomic mass is 35.5. The molecular formula is C18H21ClF3N3O2. The Morgan fingerprint density at radius 2 is 1.81 bits per heavy atom. The van der Waals surface area contributed by atoms with Gasteiger partial charge >= 0.3 is 6.18 Å². The molecule has 4 N–H and O–H groups in total. The molecule has 0 aliphatic heterocycles. The van der Waals surface area contributed by atoms with E-state index in [-0.39, 0.29) is 24.7 Å². The Bertz CT molecular complexity index is 742. The van der Waals surface area contributed by atoms with Crippen LogP contribution in [-0.4, -0.2) is 25.7 Å². The first-order valence-corrected chi connectivity index (χ1v) is 7.85. The number of ether oxygens (including phenoxy) is 1. The Balaban J connectivity index is 0.00000364. The maximum Gasteiger partial charge on any atom is 0.416 e. The molecule has 0 radical (unpaired) electrons. The van der Waals surface area contributed by atoms with Crippen LogP contribution in [0.4, 0.5) is 24.5 Å². The summed E-state index contributed by atoms with van der Waals surface area (Å²) in [5, 5.41) is 5.47. The summed E-state index contributed by atoms with van der Waals surface area (Å²) >= 11 is 0. The van der Waals surface area contributed by atoms with Gasteiger partial charge in [0.05, 0.1) is 23.5 Å². The zero-order valence-electron chi connectivity index (χ0n) is 14.5. The molecule has 1 amide bonds. The molecule has 2 aromatic carbocycles. The van der Waals surface area contributed by atoms with Crippen molar-refractivity contribution in [3.63, 3.8) is 0 Å². The van der Waals surface area contributed by atoms with Gasteiger partial charge in [0.25, 0.3) is 0 Å². The van der Waals surface area contributed by atoms with Gasteiger partial charge in [-0.1, -0.05) is 30.3 Å². The number of methoxy groups -OCH3 is 1. The molecule has 27 heavy (non-hydrogen) atoms. The lowest BCUT2D eigenvalue weighted by Gasteiger charge is -2.18. The zero-order valence-corrected chi connectivity index (χ0v) is 15.4. The summed E-state index contributed by atoms with van der Waals surface area (Å²) in [5.41, 5.74) is 6.09. The minimum absolute atomic E-state index is 0. The number of carbonyl (C=O) groups is 1. The Morgan fingerprint density at radius 1 is 1.15 bits per heavy atom. The fourth-order valence-electron chi connectivity index (χ4n) is 2.25. The van der Waals surface area contributed by atoms with Crippen LogP contribution in [0.2, 0.25) is 0 Å². The maximum atomic E-state index is 13.0. The molecule has 1 unspecified atom stereocenters. The molecule has 1 atom stereocenters. The number of alkyl halides is 3. The molecule has 148 valence electrons. The molecule has 5 nitrogen and oxygen atoms in total. The van der Waals surface area contributed by atoms with Crippen LogP contribution in [-0.2, 0) is 22.3 Å². The Labute approximate surface area is 161 Å². The van der Waals surface area contributed by atoms with Crippen LogP contribution in [0.1, 0.15) is 11.1 Å². The van der Waals surface area contributed by atoms with Crippen molar-refractivity contribution in [2.24, 2.45) is 5.73 Å². The van der Waals surface area contributed by atoms with Crippen LogP contribution in [0, 0.1) is 0 Å². The number of carbonyl (C=O) groups excluding carboxylic acids is 1. The standard InChI is InChI=1S/C18H20F3N3O2.ClH/c1-26-11-14(22)17(25)24-16-9-13(18(19,20)21)7-8-15(16)23-10-12-5-3-2-4-6-12;/h2-9,14,23H,10-11,22H2,1H3,(H,24,25);1H. The first kappa shape index (κ1) is 22.8. The number of hydrogen-bond acceptors (Lipinski definition) is 4. The number of hydrogen-bond donors (Lipinski definition) is 3. The minimum Gasteiger partial charge on any atom is -0.383 e. The Hall–Kier alpha value is -2.29. The maximum absolute atomic E-state index is 13.0. The van der Waals surface area contributed by atoms with E-state index in [1.165, 1.54) is 13.2 Å². The average Bonchev–Trinajstić information content (AvgIpc) is 2.60. The van der Waals surface area contributed by atoms with Crippen LogP contribution in [0.3, 0.4) is 0 Å². The second-order valence-corrected chi connectivity index (χ2v) is 5.65. The van der Waals surface area contributed by atoms with Crippen LogP contribution in [0.15, 0.2) is 48.5 Å². The highest BCUT2D eigenvalue weighted by Crippen LogP contribution is 2.34. The van der Waals surface area contributed by atoms with E-state index in [0.717, 1.165) is 17.7 Å². The summed E-state index contributed by atoms with van der Waals surface area (Å²) < 4.78 is 43.8. The van der Waals surface area contributed by atoms with E-state index in [4.69, 9.17) is 10.5 Å². The average molecular weight is 404 g/mol. The summed E-state index contributed by atoms with van der Waals surface area (Å²) in [6, 6.07) is 11.5. The lowest BCUT2D eigenvalue weighted by molar-refractivity contribution is -0.137. The van der Waals surface area contributed by atoms with Crippen LogP contribution < -0.4 is 16.4 Å². The molecule has 0 fully saturated rings. The van der Waals surface area contributed by atoms with E-state index in [1.807, 2.05) is 30.3 Å². The van der Waals surface area contributed by atoms with Crippen molar-refractivity contribution in [2.75, 3.05) is 24.4 Å². The van der Waals surface area contributed by atoms with E-state index < -0.39 is 23.7 Å². The van der Waals surface area contributed by atoms with Crippen molar-refractivity contribution in [1.82, 2.24) is 0 Å². The van der Waals surface area contributed by atoms with Gasteiger partial charge in [0.1, 0.15) is 6.04 Å². The fraction of sp³-hybridized carbons (Fsp3) is 0.278. The van der Waals surface area contributed by atoms with Crippen molar-refractivity contribution >= 4 is 29.7 Å². The summed E-state index contributed by atoms with van der Waals surface area (Å²) in [6.45, 7) is 0.344. The van der Waals surface area contributed by atoms with E-state index >= 15 is 0 Å². The number of nitrogens with one attached hydrogen (secondary N) is 2. The SMILES string of the molecule is COCC(N)C(=O)Nc1cc(C(F)(F)F)ccc1NCc1ccccc1.Cl. The van der Waals surface area contributed by atoms with Gasteiger partial charge in [0.15, 0.2) is 0 Å². The van der Waals surface area contributed by atoms with E-state index in [1.54, 1.807) is 0 Å². The van der Waals surface area contributed by atoms with Crippen molar-refractivity contribution < 1.29 is 22.7 Å². The second kappa shape index (κ2) is 10.1. The number of rotatable bonds is 7. The fourth-order valence-corrected chi connectivity index (χ4v) is 2.25. The lowest BCUT2D eigenvalue weighted by Crippen LogP contribution is -2.39. The Kier molecular flexibility index (Phi) is 8.55. The van der Waals surface area contributed by atoms with Crippen molar-refractivity contribution in [2.45, 2.75) is 18.8 Å². The number of benzene rings is 2. The normalized spacial score (nSPS) is 12.0. The number of halogens is 4. The van der Waals surface area contributed by atoms with E-state index in [9.17, 15) is 18.0 Å². The largest absolute Gasteiger partial charge is 0.416 e. The minimum atomic E-state index is -4.52. The lowest BCUT2D eigenvalue weighted by atomic mass is 10.1. The van der Waals surface area contributed by atoms with Gasteiger partial charge in [0, 0.05) is 13.7 Å². The van der Waals surface area contributed by atoms with Crippen molar-refractivity contribution in [1.29, 1.82) is 0 Å². The molecule has 0 spiro atoms. The van der Waals surface area contributed by atoms with E-state index in [2.05, 4.69) is 10.6 Å². The summed E-state index contributed by atoms with van der Waals surface area (Å²) in [6.07, 6.45) is -4.52. The first-order chi connectivity index (χ1) is 12.3. The topological polar surface area (TPSA) is 76.4 Å². The van der Waals surface area contributed by atoms with Crippen LogP contribution in [0.25, 0.3) is 0 Å². The van der Waals surface area contributed by atoms with Gasteiger partial charge in [-0.25, -0.2) is 0 Å². The summed E-state index contributed by atoms with van der Waals surface area (Å²) in [5.74, 6) is -0.631. The van der Waals surface area contributed by atoms with Gasteiger partial charge in [0.2, 0.25) is 5.91 Å². The summed E-state index contributed by atoms with van der Waals surface area (Å²) in [4.78, 5) is 12.1. The summed E-state index contributed by atoms with van der Waals surface area (Å²) in [7, 11) is 1.38. The third kappa shape index (κ3) is 6.74. The smallest absolute Gasteiger partial charge is 0.383 e. The van der Waals surface area contributed by atoms with Gasteiger partial charge in [-0.15, -0.1) is 12.4 Å².